The minimum atomic E-state index is -0.0206. The lowest BCUT2D eigenvalue weighted by molar-refractivity contribution is 0.0993. The quantitative estimate of drug-likeness (QED) is 0.817. The summed E-state index contributed by atoms with van der Waals surface area (Å²) in [6.45, 7) is 1.24. The molecule has 1 heterocycles. The van der Waals surface area contributed by atoms with Gasteiger partial charge in [0.2, 0.25) is 0 Å². The first-order valence-electron chi connectivity index (χ1n) is 7.28. The van der Waals surface area contributed by atoms with Crippen LogP contribution in [0.2, 0.25) is 0 Å². The fraction of sp³-hybridized carbons (Fsp3) is 0.222. The van der Waals surface area contributed by atoms with E-state index in [9.17, 15) is 4.79 Å². The van der Waals surface area contributed by atoms with Gasteiger partial charge in [-0.3, -0.25) is 4.79 Å². The lowest BCUT2D eigenvalue weighted by Crippen LogP contribution is -2.26. The summed E-state index contributed by atoms with van der Waals surface area (Å²) in [6.07, 6.45) is 0.882. The van der Waals surface area contributed by atoms with Crippen molar-refractivity contribution in [1.82, 2.24) is 0 Å². The van der Waals surface area contributed by atoms with Crippen molar-refractivity contribution >= 4 is 17.3 Å². The molecule has 2 aromatic rings. The van der Waals surface area contributed by atoms with E-state index < -0.39 is 0 Å². The highest BCUT2D eigenvalue weighted by molar-refractivity contribution is 6.06. The molecule has 0 spiro atoms. The molecule has 4 heteroatoms. The smallest absolute Gasteiger partial charge is 0.258 e. The van der Waals surface area contributed by atoms with Crippen molar-refractivity contribution in [2.24, 2.45) is 0 Å². The fourth-order valence-corrected chi connectivity index (χ4v) is 2.82. The minimum absolute atomic E-state index is 0.0206. The van der Waals surface area contributed by atoms with Gasteiger partial charge in [0, 0.05) is 30.5 Å². The maximum atomic E-state index is 12.6. The van der Waals surface area contributed by atoms with Crippen LogP contribution in [0.3, 0.4) is 0 Å². The predicted octanol–water partition coefficient (Wildman–Crippen LogP) is 2.85. The highest BCUT2D eigenvalue weighted by atomic mass is 16.2. The standard InChI is InChI=1S/C18H17N3O/c1-20(16-5-3-2-4-6-16)18(22)15-7-8-17-14(13-15)9-11-21(17)12-10-19/h2-8,13H,9,11-12H2,1H3. The second-order valence-corrected chi connectivity index (χ2v) is 5.37. The van der Waals surface area contributed by atoms with E-state index >= 15 is 0 Å². The first-order chi connectivity index (χ1) is 10.7. The number of nitrogens with zero attached hydrogens (tertiary/aromatic N) is 3. The first kappa shape index (κ1) is 14.2. The van der Waals surface area contributed by atoms with E-state index in [2.05, 4.69) is 6.07 Å². The molecule has 0 saturated carbocycles. The summed E-state index contributed by atoms with van der Waals surface area (Å²) in [5.74, 6) is -0.0206. The number of para-hydroxylation sites is 1. The highest BCUT2D eigenvalue weighted by Crippen LogP contribution is 2.29. The zero-order chi connectivity index (χ0) is 15.5. The Hall–Kier alpha value is -2.80. The Morgan fingerprint density at radius 2 is 2.05 bits per heavy atom. The van der Waals surface area contributed by atoms with Gasteiger partial charge in [-0.15, -0.1) is 0 Å². The maximum absolute atomic E-state index is 12.6. The molecule has 4 nitrogen and oxygen atoms in total. The van der Waals surface area contributed by atoms with Gasteiger partial charge in [-0.25, -0.2) is 0 Å². The molecule has 1 aliphatic rings. The summed E-state index contributed by atoms with van der Waals surface area (Å²) < 4.78 is 0. The average molecular weight is 291 g/mol. The van der Waals surface area contributed by atoms with E-state index in [1.165, 1.54) is 0 Å². The van der Waals surface area contributed by atoms with Gasteiger partial charge in [0.05, 0.1) is 6.07 Å². The van der Waals surface area contributed by atoms with Crippen LogP contribution in [0.5, 0.6) is 0 Å². The number of fused-ring (bicyclic) bond motifs is 1. The topological polar surface area (TPSA) is 47.3 Å². The van der Waals surface area contributed by atoms with E-state index in [4.69, 9.17) is 5.26 Å². The Kier molecular flexibility index (Phi) is 3.80. The third-order valence-corrected chi connectivity index (χ3v) is 4.03. The molecule has 0 fully saturated rings. The first-order valence-corrected chi connectivity index (χ1v) is 7.28. The zero-order valence-corrected chi connectivity index (χ0v) is 12.5. The number of benzene rings is 2. The number of carbonyl (C=O) groups excluding carboxylic acids is 1. The Morgan fingerprint density at radius 1 is 1.27 bits per heavy atom. The molecule has 1 aliphatic heterocycles. The summed E-state index contributed by atoms with van der Waals surface area (Å²) >= 11 is 0. The van der Waals surface area contributed by atoms with Crippen LogP contribution in [-0.2, 0) is 6.42 Å². The lowest BCUT2D eigenvalue weighted by atomic mass is 10.1. The van der Waals surface area contributed by atoms with Crippen LogP contribution >= 0.6 is 0 Å². The van der Waals surface area contributed by atoms with E-state index in [0.29, 0.717) is 12.1 Å². The van der Waals surface area contributed by atoms with Gasteiger partial charge in [-0.1, -0.05) is 18.2 Å². The largest absolute Gasteiger partial charge is 0.358 e. The maximum Gasteiger partial charge on any atom is 0.258 e. The van der Waals surface area contributed by atoms with E-state index in [0.717, 1.165) is 29.9 Å². The van der Waals surface area contributed by atoms with Gasteiger partial charge in [-0.2, -0.15) is 5.26 Å². The van der Waals surface area contributed by atoms with Gasteiger partial charge in [-0.05, 0) is 42.3 Å². The third-order valence-electron chi connectivity index (χ3n) is 4.03. The van der Waals surface area contributed by atoms with Crippen LogP contribution in [0.1, 0.15) is 15.9 Å². The van der Waals surface area contributed by atoms with Crippen LogP contribution in [0.25, 0.3) is 0 Å². The van der Waals surface area contributed by atoms with Crippen molar-refractivity contribution in [3.63, 3.8) is 0 Å². The van der Waals surface area contributed by atoms with Crippen LogP contribution in [0, 0.1) is 11.3 Å². The summed E-state index contributed by atoms with van der Waals surface area (Å²) in [5, 5.41) is 8.84. The normalized spacial score (nSPS) is 12.6. The lowest BCUT2D eigenvalue weighted by Gasteiger charge is -2.18. The average Bonchev–Trinajstić information content (AvgIpc) is 2.97. The molecule has 0 bridgehead atoms. The molecule has 2 aromatic carbocycles. The Balaban J connectivity index is 1.85. The summed E-state index contributed by atoms with van der Waals surface area (Å²) in [5.41, 5.74) is 3.77. The number of hydrogen-bond acceptors (Lipinski definition) is 3. The number of nitriles is 1. The Morgan fingerprint density at radius 3 is 2.77 bits per heavy atom. The molecule has 0 unspecified atom stereocenters. The number of rotatable bonds is 3. The molecular weight excluding hydrogens is 274 g/mol. The number of carbonyl (C=O) groups is 1. The molecule has 0 saturated heterocycles. The van der Waals surface area contributed by atoms with Crippen molar-refractivity contribution in [3.05, 3.63) is 59.7 Å². The van der Waals surface area contributed by atoms with Gasteiger partial charge in [0.25, 0.3) is 5.91 Å². The van der Waals surface area contributed by atoms with Gasteiger partial charge < -0.3 is 9.80 Å². The molecule has 1 amide bonds. The molecular formula is C18H17N3O. The number of anilines is 2. The molecule has 0 atom stereocenters. The van der Waals surface area contributed by atoms with Crippen LogP contribution in [0.4, 0.5) is 11.4 Å². The zero-order valence-electron chi connectivity index (χ0n) is 12.5. The van der Waals surface area contributed by atoms with Gasteiger partial charge >= 0.3 is 0 Å². The van der Waals surface area contributed by atoms with Crippen molar-refractivity contribution < 1.29 is 4.79 Å². The summed E-state index contributed by atoms with van der Waals surface area (Å²) in [4.78, 5) is 16.3. The summed E-state index contributed by atoms with van der Waals surface area (Å²) in [6, 6.07) is 17.5. The molecule has 3 rings (SSSR count). The van der Waals surface area contributed by atoms with Crippen LogP contribution in [0.15, 0.2) is 48.5 Å². The van der Waals surface area contributed by atoms with Crippen molar-refractivity contribution in [1.29, 1.82) is 5.26 Å². The minimum Gasteiger partial charge on any atom is -0.358 e. The second-order valence-electron chi connectivity index (χ2n) is 5.37. The summed E-state index contributed by atoms with van der Waals surface area (Å²) in [7, 11) is 1.78. The van der Waals surface area contributed by atoms with Gasteiger partial charge in [0.1, 0.15) is 6.54 Å². The molecule has 22 heavy (non-hydrogen) atoms. The monoisotopic (exact) mass is 291 g/mol. The van der Waals surface area contributed by atoms with Crippen LogP contribution in [-0.4, -0.2) is 26.0 Å². The van der Waals surface area contributed by atoms with E-state index in [1.807, 2.05) is 53.4 Å². The second kappa shape index (κ2) is 5.90. The van der Waals surface area contributed by atoms with Crippen molar-refractivity contribution in [3.8, 4) is 6.07 Å². The van der Waals surface area contributed by atoms with Crippen molar-refractivity contribution in [2.75, 3.05) is 29.9 Å². The molecule has 0 aromatic heterocycles. The Bertz CT molecular complexity index is 734. The molecule has 110 valence electrons. The van der Waals surface area contributed by atoms with Gasteiger partial charge in [0.15, 0.2) is 0 Å². The van der Waals surface area contributed by atoms with Crippen LogP contribution < -0.4 is 9.80 Å². The number of hydrogen-bond donors (Lipinski definition) is 0. The van der Waals surface area contributed by atoms with E-state index in [1.54, 1.807) is 11.9 Å². The fourth-order valence-electron chi connectivity index (χ4n) is 2.82. The highest BCUT2D eigenvalue weighted by Gasteiger charge is 2.21. The third kappa shape index (κ3) is 2.53. The van der Waals surface area contributed by atoms with E-state index in [-0.39, 0.29) is 5.91 Å². The predicted molar refractivity (Wildman–Crippen MR) is 87.1 cm³/mol. The SMILES string of the molecule is CN(C(=O)c1ccc2c(c1)CCN2CC#N)c1ccccc1. The molecule has 0 N–H and O–H groups in total. The molecule has 0 aliphatic carbocycles. The number of amides is 1. The Labute approximate surface area is 130 Å². The molecule has 0 radical (unpaired) electrons. The van der Waals surface area contributed by atoms with Crippen molar-refractivity contribution in [2.45, 2.75) is 6.42 Å².